The molecule has 112 valence electrons. The van der Waals surface area contributed by atoms with Crippen LogP contribution in [0.5, 0.6) is 0 Å². The fourth-order valence-corrected chi connectivity index (χ4v) is 5.54. The first kappa shape index (κ1) is 12.7. The summed E-state index contributed by atoms with van der Waals surface area (Å²) in [4.78, 5) is 13.9. The van der Waals surface area contributed by atoms with Crippen molar-refractivity contribution in [2.45, 2.75) is 38.0 Å². The second kappa shape index (κ2) is 4.87. The van der Waals surface area contributed by atoms with Crippen LogP contribution in [0.3, 0.4) is 0 Å². The van der Waals surface area contributed by atoms with Gasteiger partial charge in [0.25, 0.3) is 0 Å². The summed E-state index contributed by atoms with van der Waals surface area (Å²) in [5, 5.41) is 0. The molecule has 1 heterocycles. The topological polar surface area (TPSA) is 38.7 Å². The molecule has 2 aromatic rings. The van der Waals surface area contributed by atoms with Gasteiger partial charge in [-0.05, 0) is 55.8 Å². The predicted molar refractivity (Wildman–Crippen MR) is 85.0 cm³/mol. The molecular weight excluding hydrogens is 270 g/mol. The SMILES string of the molecule is c1ccc(-c2ncnc(C3C4CC5CC(C4)CC3C5)n2)cc1. The van der Waals surface area contributed by atoms with Crippen molar-refractivity contribution in [1.29, 1.82) is 0 Å². The molecule has 0 atom stereocenters. The van der Waals surface area contributed by atoms with Crippen molar-refractivity contribution in [2.24, 2.45) is 23.7 Å². The lowest BCUT2D eigenvalue weighted by Gasteiger charge is -2.53. The van der Waals surface area contributed by atoms with Gasteiger partial charge in [-0.2, -0.15) is 0 Å². The lowest BCUT2D eigenvalue weighted by Crippen LogP contribution is -2.44. The molecule has 0 aliphatic heterocycles. The van der Waals surface area contributed by atoms with Crippen molar-refractivity contribution < 1.29 is 0 Å². The molecule has 3 nitrogen and oxygen atoms in total. The highest BCUT2D eigenvalue weighted by atomic mass is 15.0. The number of benzene rings is 1. The fraction of sp³-hybridized carbons (Fsp3) is 0.526. The van der Waals surface area contributed by atoms with E-state index in [-0.39, 0.29) is 0 Å². The molecule has 4 bridgehead atoms. The summed E-state index contributed by atoms with van der Waals surface area (Å²) in [5.41, 5.74) is 1.09. The van der Waals surface area contributed by atoms with E-state index in [1.165, 1.54) is 32.1 Å². The molecule has 1 aromatic heterocycles. The van der Waals surface area contributed by atoms with Crippen molar-refractivity contribution in [3.05, 3.63) is 42.5 Å². The van der Waals surface area contributed by atoms with E-state index >= 15 is 0 Å². The highest BCUT2D eigenvalue weighted by molar-refractivity contribution is 5.53. The lowest BCUT2D eigenvalue weighted by atomic mass is 9.51. The maximum atomic E-state index is 4.87. The van der Waals surface area contributed by atoms with Crippen LogP contribution in [0.25, 0.3) is 11.4 Å². The highest BCUT2D eigenvalue weighted by Crippen LogP contribution is 2.59. The first-order valence-electron chi connectivity index (χ1n) is 8.61. The number of hydrogen-bond acceptors (Lipinski definition) is 3. The van der Waals surface area contributed by atoms with Crippen LogP contribution in [-0.4, -0.2) is 15.0 Å². The van der Waals surface area contributed by atoms with E-state index in [2.05, 4.69) is 22.1 Å². The Bertz CT molecular complexity index is 654. The third-order valence-electron chi connectivity index (χ3n) is 6.15. The zero-order valence-corrected chi connectivity index (χ0v) is 12.7. The Balaban J connectivity index is 1.51. The molecule has 0 radical (unpaired) electrons. The minimum absolute atomic E-state index is 0.582. The number of nitrogens with zero attached hydrogens (tertiary/aromatic N) is 3. The van der Waals surface area contributed by atoms with E-state index in [1.807, 2.05) is 18.2 Å². The van der Waals surface area contributed by atoms with Gasteiger partial charge in [-0.15, -0.1) is 0 Å². The molecule has 0 unspecified atom stereocenters. The second-order valence-electron chi connectivity index (χ2n) is 7.49. The molecule has 0 saturated heterocycles. The third kappa shape index (κ3) is 1.98. The zero-order valence-electron chi connectivity index (χ0n) is 12.7. The molecule has 0 N–H and O–H groups in total. The Kier molecular flexibility index (Phi) is 2.82. The quantitative estimate of drug-likeness (QED) is 0.837. The van der Waals surface area contributed by atoms with E-state index in [1.54, 1.807) is 6.33 Å². The van der Waals surface area contributed by atoms with Gasteiger partial charge in [0, 0.05) is 11.5 Å². The predicted octanol–water partition coefficient (Wildman–Crippen LogP) is 4.08. The molecule has 4 aliphatic carbocycles. The average Bonchev–Trinajstić information content (AvgIpc) is 2.55. The number of aromatic nitrogens is 3. The van der Waals surface area contributed by atoms with Gasteiger partial charge in [-0.25, -0.2) is 15.0 Å². The molecule has 3 heteroatoms. The standard InChI is InChI=1S/C19H21N3/c1-2-4-14(5-3-1)18-20-11-21-19(22-18)17-15-7-12-6-13(9-15)10-16(17)8-12/h1-5,11-13,15-17H,6-10H2. The molecule has 1 aromatic carbocycles. The molecule has 0 spiro atoms. The van der Waals surface area contributed by atoms with Gasteiger partial charge in [-0.1, -0.05) is 30.3 Å². The van der Waals surface area contributed by atoms with Crippen LogP contribution in [0.2, 0.25) is 0 Å². The van der Waals surface area contributed by atoms with E-state index in [0.717, 1.165) is 40.9 Å². The Labute approximate surface area is 131 Å². The molecule has 4 fully saturated rings. The lowest BCUT2D eigenvalue weighted by molar-refractivity contribution is -0.00568. The summed E-state index contributed by atoms with van der Waals surface area (Å²) in [7, 11) is 0. The molecule has 22 heavy (non-hydrogen) atoms. The van der Waals surface area contributed by atoms with Crippen LogP contribution in [0.4, 0.5) is 0 Å². The van der Waals surface area contributed by atoms with Gasteiger partial charge in [0.2, 0.25) is 0 Å². The summed E-state index contributed by atoms with van der Waals surface area (Å²) in [6, 6.07) is 10.3. The van der Waals surface area contributed by atoms with Crippen molar-refractivity contribution in [2.75, 3.05) is 0 Å². The Morgan fingerprint density at radius 3 is 2.14 bits per heavy atom. The molecule has 4 saturated carbocycles. The van der Waals surface area contributed by atoms with E-state index in [9.17, 15) is 0 Å². The van der Waals surface area contributed by atoms with Gasteiger partial charge in [-0.3, -0.25) is 0 Å². The van der Waals surface area contributed by atoms with Crippen LogP contribution < -0.4 is 0 Å². The van der Waals surface area contributed by atoms with Gasteiger partial charge in [0.05, 0.1) is 0 Å². The largest absolute Gasteiger partial charge is 0.221 e. The van der Waals surface area contributed by atoms with Gasteiger partial charge < -0.3 is 0 Å². The first-order chi connectivity index (χ1) is 10.9. The van der Waals surface area contributed by atoms with Crippen LogP contribution in [0, 0.1) is 23.7 Å². The van der Waals surface area contributed by atoms with Crippen LogP contribution in [0.1, 0.15) is 43.8 Å². The monoisotopic (exact) mass is 291 g/mol. The minimum atomic E-state index is 0.582. The highest BCUT2D eigenvalue weighted by Gasteiger charge is 2.49. The molecular formula is C19H21N3. The van der Waals surface area contributed by atoms with Crippen molar-refractivity contribution >= 4 is 0 Å². The molecule has 6 rings (SSSR count). The minimum Gasteiger partial charge on any atom is -0.221 e. The van der Waals surface area contributed by atoms with Crippen LogP contribution >= 0.6 is 0 Å². The Morgan fingerprint density at radius 2 is 1.45 bits per heavy atom. The van der Waals surface area contributed by atoms with Gasteiger partial charge in [0.1, 0.15) is 12.2 Å². The van der Waals surface area contributed by atoms with Gasteiger partial charge in [0.15, 0.2) is 5.82 Å². The van der Waals surface area contributed by atoms with E-state index in [4.69, 9.17) is 4.98 Å². The summed E-state index contributed by atoms with van der Waals surface area (Å²) < 4.78 is 0. The molecule has 0 amide bonds. The average molecular weight is 291 g/mol. The maximum absolute atomic E-state index is 4.87. The maximum Gasteiger partial charge on any atom is 0.163 e. The summed E-state index contributed by atoms with van der Waals surface area (Å²) in [6.45, 7) is 0. The normalized spacial score (nSPS) is 35.7. The summed E-state index contributed by atoms with van der Waals surface area (Å²) >= 11 is 0. The number of rotatable bonds is 2. The third-order valence-corrected chi connectivity index (χ3v) is 6.15. The van der Waals surface area contributed by atoms with Crippen molar-refractivity contribution in [3.63, 3.8) is 0 Å². The van der Waals surface area contributed by atoms with Gasteiger partial charge >= 0.3 is 0 Å². The van der Waals surface area contributed by atoms with Crippen molar-refractivity contribution in [3.8, 4) is 11.4 Å². The van der Waals surface area contributed by atoms with E-state index in [0.29, 0.717) is 5.92 Å². The summed E-state index contributed by atoms with van der Waals surface area (Å²) in [5.74, 6) is 6.10. The van der Waals surface area contributed by atoms with Crippen LogP contribution in [0.15, 0.2) is 36.7 Å². The van der Waals surface area contributed by atoms with Crippen LogP contribution in [-0.2, 0) is 0 Å². The fourth-order valence-electron chi connectivity index (χ4n) is 5.54. The second-order valence-corrected chi connectivity index (χ2v) is 7.49. The first-order valence-corrected chi connectivity index (χ1v) is 8.61. The van der Waals surface area contributed by atoms with Crippen molar-refractivity contribution in [1.82, 2.24) is 15.0 Å². The molecule has 4 aliphatic rings. The Morgan fingerprint density at radius 1 is 0.773 bits per heavy atom. The Hall–Kier alpha value is -1.77. The number of hydrogen-bond donors (Lipinski definition) is 0. The smallest absolute Gasteiger partial charge is 0.163 e. The summed E-state index contributed by atoms with van der Waals surface area (Å²) in [6.07, 6.45) is 8.84. The van der Waals surface area contributed by atoms with E-state index < -0.39 is 0 Å². The zero-order chi connectivity index (χ0) is 14.5.